The molecular weight excluding hydrogens is 288 g/mol. The second kappa shape index (κ2) is 6.86. The van der Waals surface area contributed by atoms with Crippen molar-refractivity contribution < 1.29 is 14.3 Å². The maximum Gasteiger partial charge on any atom is 0.134 e. The quantitative estimate of drug-likeness (QED) is 0.843. The fourth-order valence-corrected chi connectivity index (χ4v) is 3.62. The molecular formula is C20H22O3. The summed E-state index contributed by atoms with van der Waals surface area (Å²) >= 11 is 0. The van der Waals surface area contributed by atoms with Gasteiger partial charge in [0.05, 0.1) is 14.2 Å². The van der Waals surface area contributed by atoms with E-state index in [9.17, 15) is 4.79 Å². The molecule has 0 amide bonds. The highest BCUT2D eigenvalue weighted by molar-refractivity contribution is 5.81. The summed E-state index contributed by atoms with van der Waals surface area (Å²) < 4.78 is 11.0. The molecule has 1 saturated carbocycles. The van der Waals surface area contributed by atoms with Crippen molar-refractivity contribution in [3.63, 3.8) is 0 Å². The number of benzene rings is 2. The van der Waals surface area contributed by atoms with E-state index in [4.69, 9.17) is 9.47 Å². The third-order valence-electron chi connectivity index (χ3n) is 4.67. The Balaban J connectivity index is 1.92. The average molecular weight is 310 g/mol. The van der Waals surface area contributed by atoms with Gasteiger partial charge < -0.3 is 9.47 Å². The van der Waals surface area contributed by atoms with E-state index in [1.807, 2.05) is 36.4 Å². The topological polar surface area (TPSA) is 35.5 Å². The van der Waals surface area contributed by atoms with Crippen LogP contribution < -0.4 is 9.47 Å². The summed E-state index contributed by atoms with van der Waals surface area (Å²) in [4.78, 5) is 12.3. The second-order valence-electron chi connectivity index (χ2n) is 6.06. The molecule has 23 heavy (non-hydrogen) atoms. The van der Waals surface area contributed by atoms with Crippen LogP contribution in [0.25, 0.3) is 0 Å². The van der Waals surface area contributed by atoms with E-state index >= 15 is 0 Å². The Morgan fingerprint density at radius 2 is 1.22 bits per heavy atom. The minimum Gasteiger partial charge on any atom is -0.496 e. The molecule has 1 aliphatic carbocycles. The molecule has 0 spiro atoms. The molecule has 2 atom stereocenters. The highest BCUT2D eigenvalue weighted by atomic mass is 16.5. The highest BCUT2D eigenvalue weighted by Gasteiger charge is 2.31. The number of methoxy groups -OCH3 is 2. The van der Waals surface area contributed by atoms with Crippen LogP contribution in [0.5, 0.6) is 11.5 Å². The number of carbonyl (C=O) groups excluding carboxylic acids is 1. The maximum absolute atomic E-state index is 12.3. The van der Waals surface area contributed by atoms with Gasteiger partial charge in [0.1, 0.15) is 17.3 Å². The fraction of sp³-hybridized carbons (Fsp3) is 0.350. The lowest BCUT2D eigenvalue weighted by Crippen LogP contribution is -2.21. The first kappa shape index (κ1) is 15.6. The SMILES string of the molecule is COc1ccccc1C1CC(=O)CC(c2ccccc2OC)C1. The van der Waals surface area contributed by atoms with Gasteiger partial charge in [-0.3, -0.25) is 4.79 Å². The average Bonchev–Trinajstić information content (AvgIpc) is 2.61. The van der Waals surface area contributed by atoms with Gasteiger partial charge in [0.15, 0.2) is 0 Å². The predicted octanol–water partition coefficient (Wildman–Crippen LogP) is 4.32. The van der Waals surface area contributed by atoms with Gasteiger partial charge in [-0.1, -0.05) is 36.4 Å². The molecule has 0 saturated heterocycles. The number of para-hydroxylation sites is 2. The van der Waals surface area contributed by atoms with Crippen molar-refractivity contribution >= 4 is 5.78 Å². The van der Waals surface area contributed by atoms with Crippen LogP contribution in [-0.2, 0) is 4.79 Å². The molecule has 0 heterocycles. The number of ketones is 1. The van der Waals surface area contributed by atoms with Crippen molar-refractivity contribution in [2.45, 2.75) is 31.1 Å². The van der Waals surface area contributed by atoms with Crippen LogP contribution in [0.4, 0.5) is 0 Å². The van der Waals surface area contributed by atoms with E-state index in [1.54, 1.807) is 14.2 Å². The van der Waals surface area contributed by atoms with Gasteiger partial charge >= 0.3 is 0 Å². The Hall–Kier alpha value is -2.29. The van der Waals surface area contributed by atoms with Crippen molar-refractivity contribution in [3.05, 3.63) is 59.7 Å². The molecule has 2 aromatic rings. The lowest BCUT2D eigenvalue weighted by molar-refractivity contribution is -0.121. The largest absolute Gasteiger partial charge is 0.496 e. The van der Waals surface area contributed by atoms with Crippen LogP contribution in [0.1, 0.15) is 42.2 Å². The summed E-state index contributed by atoms with van der Waals surface area (Å²) in [5.41, 5.74) is 2.26. The van der Waals surface area contributed by atoms with Gasteiger partial charge in [-0.25, -0.2) is 0 Å². The molecule has 0 aliphatic heterocycles. The van der Waals surface area contributed by atoms with Crippen LogP contribution in [0.3, 0.4) is 0 Å². The third-order valence-corrected chi connectivity index (χ3v) is 4.67. The van der Waals surface area contributed by atoms with Gasteiger partial charge in [-0.2, -0.15) is 0 Å². The normalized spacial score (nSPS) is 21.0. The Labute approximate surface area is 137 Å². The van der Waals surface area contributed by atoms with E-state index < -0.39 is 0 Å². The van der Waals surface area contributed by atoms with Gasteiger partial charge in [-0.15, -0.1) is 0 Å². The summed E-state index contributed by atoms with van der Waals surface area (Å²) in [6.45, 7) is 0. The summed E-state index contributed by atoms with van der Waals surface area (Å²) in [5, 5.41) is 0. The van der Waals surface area contributed by atoms with Crippen molar-refractivity contribution in [1.29, 1.82) is 0 Å². The number of ether oxygens (including phenoxy) is 2. The number of Topliss-reactive ketones (excluding diaryl/α,β-unsaturated/α-hetero) is 1. The molecule has 120 valence electrons. The lowest BCUT2D eigenvalue weighted by atomic mass is 9.74. The van der Waals surface area contributed by atoms with Crippen LogP contribution in [-0.4, -0.2) is 20.0 Å². The number of hydrogen-bond acceptors (Lipinski definition) is 3. The zero-order chi connectivity index (χ0) is 16.2. The minimum absolute atomic E-state index is 0.197. The number of rotatable bonds is 4. The monoisotopic (exact) mass is 310 g/mol. The van der Waals surface area contributed by atoms with Crippen molar-refractivity contribution in [2.24, 2.45) is 0 Å². The highest BCUT2D eigenvalue weighted by Crippen LogP contribution is 2.44. The summed E-state index contributed by atoms with van der Waals surface area (Å²) in [7, 11) is 3.36. The Morgan fingerprint density at radius 3 is 1.65 bits per heavy atom. The Kier molecular flexibility index (Phi) is 4.65. The van der Waals surface area contributed by atoms with Gasteiger partial charge in [0.2, 0.25) is 0 Å². The maximum atomic E-state index is 12.3. The van der Waals surface area contributed by atoms with E-state index in [2.05, 4.69) is 12.1 Å². The van der Waals surface area contributed by atoms with Gasteiger partial charge in [0.25, 0.3) is 0 Å². The summed E-state index contributed by atoms with van der Waals surface area (Å²) in [5.74, 6) is 2.43. The van der Waals surface area contributed by atoms with Crippen LogP contribution in [0, 0.1) is 0 Å². The predicted molar refractivity (Wildman–Crippen MR) is 90.3 cm³/mol. The molecule has 0 aromatic heterocycles. The van der Waals surface area contributed by atoms with Crippen LogP contribution in [0.2, 0.25) is 0 Å². The van der Waals surface area contributed by atoms with Gasteiger partial charge in [-0.05, 0) is 41.5 Å². The fourth-order valence-electron chi connectivity index (χ4n) is 3.62. The number of carbonyl (C=O) groups is 1. The Bertz CT molecular complexity index is 635. The standard InChI is InChI=1S/C20H22O3/c1-22-19-9-5-3-7-17(19)14-11-15(13-16(21)12-14)18-8-4-6-10-20(18)23-2/h3-10,14-15H,11-13H2,1-2H3. The van der Waals surface area contributed by atoms with Crippen molar-refractivity contribution in [1.82, 2.24) is 0 Å². The van der Waals surface area contributed by atoms with E-state index in [-0.39, 0.29) is 11.8 Å². The van der Waals surface area contributed by atoms with Crippen LogP contribution >= 0.6 is 0 Å². The zero-order valence-electron chi connectivity index (χ0n) is 13.6. The smallest absolute Gasteiger partial charge is 0.134 e. The summed E-state index contributed by atoms with van der Waals surface area (Å²) in [6, 6.07) is 16.0. The van der Waals surface area contributed by atoms with Crippen molar-refractivity contribution in [3.8, 4) is 11.5 Å². The zero-order valence-corrected chi connectivity index (χ0v) is 13.6. The third kappa shape index (κ3) is 3.24. The van der Waals surface area contributed by atoms with Crippen LogP contribution in [0.15, 0.2) is 48.5 Å². The molecule has 3 nitrogen and oxygen atoms in total. The molecule has 0 bridgehead atoms. The minimum atomic E-state index is 0.197. The Morgan fingerprint density at radius 1 is 0.783 bits per heavy atom. The molecule has 0 radical (unpaired) electrons. The molecule has 3 rings (SSSR count). The van der Waals surface area contributed by atoms with Gasteiger partial charge in [0, 0.05) is 12.8 Å². The molecule has 2 aromatic carbocycles. The first-order valence-corrected chi connectivity index (χ1v) is 8.00. The molecule has 1 aliphatic rings. The molecule has 3 heteroatoms. The first-order valence-electron chi connectivity index (χ1n) is 8.00. The van der Waals surface area contributed by atoms with E-state index in [0.29, 0.717) is 18.6 Å². The van der Waals surface area contributed by atoms with E-state index in [0.717, 1.165) is 29.0 Å². The summed E-state index contributed by atoms with van der Waals surface area (Å²) in [6.07, 6.45) is 2.12. The molecule has 2 unspecified atom stereocenters. The number of hydrogen-bond donors (Lipinski definition) is 0. The van der Waals surface area contributed by atoms with Crippen molar-refractivity contribution in [2.75, 3.05) is 14.2 Å². The van der Waals surface area contributed by atoms with E-state index in [1.165, 1.54) is 0 Å². The molecule has 0 N–H and O–H groups in total. The second-order valence-corrected chi connectivity index (χ2v) is 6.06. The lowest BCUT2D eigenvalue weighted by Gasteiger charge is -2.30. The first-order chi connectivity index (χ1) is 11.2. The molecule has 1 fully saturated rings.